The normalized spacial score (nSPS) is 24.0. The molecule has 0 aromatic heterocycles. The summed E-state index contributed by atoms with van der Waals surface area (Å²) in [5.74, 6) is 0. The van der Waals surface area contributed by atoms with E-state index in [4.69, 9.17) is 4.74 Å². The molecular formula is C12H24N2O2. The number of nitrogens with zero attached hydrogens (tertiary/aromatic N) is 1. The molecule has 1 rings (SSSR count). The highest BCUT2D eigenvalue weighted by molar-refractivity contribution is 5.36. The maximum Gasteiger partial charge on any atom is 0.294 e. The Balaban J connectivity index is 2.50. The van der Waals surface area contributed by atoms with Gasteiger partial charge in [0.2, 0.25) is 0 Å². The molecule has 0 aromatic rings. The molecule has 0 bridgehead atoms. The highest BCUT2D eigenvalue weighted by Crippen LogP contribution is 2.30. The van der Waals surface area contributed by atoms with E-state index in [0.717, 1.165) is 13.1 Å². The molecule has 0 radical (unpaired) electrons. The molecule has 0 aliphatic carbocycles. The van der Waals surface area contributed by atoms with Crippen LogP contribution in [0, 0.1) is 5.41 Å². The fourth-order valence-corrected chi connectivity index (χ4v) is 2.10. The van der Waals surface area contributed by atoms with Crippen molar-refractivity contribution in [2.75, 3.05) is 19.8 Å². The summed E-state index contributed by atoms with van der Waals surface area (Å²) in [4.78, 5) is 12.4. The van der Waals surface area contributed by atoms with E-state index < -0.39 is 0 Å². The molecule has 1 aliphatic rings. The van der Waals surface area contributed by atoms with Crippen LogP contribution >= 0.6 is 0 Å². The van der Waals surface area contributed by atoms with Crippen LogP contribution in [-0.4, -0.2) is 43.3 Å². The van der Waals surface area contributed by atoms with Crippen LogP contribution in [0.3, 0.4) is 0 Å². The monoisotopic (exact) mass is 228 g/mol. The topological polar surface area (TPSA) is 41.6 Å². The van der Waals surface area contributed by atoms with Crippen molar-refractivity contribution in [3.05, 3.63) is 0 Å². The molecule has 94 valence electrons. The molecule has 0 saturated carbocycles. The van der Waals surface area contributed by atoms with E-state index in [1.807, 2.05) is 0 Å². The lowest BCUT2D eigenvalue weighted by molar-refractivity contribution is -0.134. The number of hydrogen-bond acceptors (Lipinski definition) is 4. The van der Waals surface area contributed by atoms with E-state index in [-0.39, 0.29) is 0 Å². The van der Waals surface area contributed by atoms with Crippen LogP contribution in [-0.2, 0) is 9.53 Å². The van der Waals surface area contributed by atoms with Gasteiger partial charge in [0.15, 0.2) is 0 Å². The average molecular weight is 228 g/mol. The van der Waals surface area contributed by atoms with E-state index in [0.29, 0.717) is 30.7 Å². The van der Waals surface area contributed by atoms with Gasteiger partial charge in [0, 0.05) is 18.6 Å². The van der Waals surface area contributed by atoms with Crippen LogP contribution in [0.1, 0.15) is 34.1 Å². The van der Waals surface area contributed by atoms with Crippen molar-refractivity contribution in [2.24, 2.45) is 5.41 Å². The summed E-state index contributed by atoms with van der Waals surface area (Å²) in [5, 5.41) is 3.52. The molecule has 1 fully saturated rings. The van der Waals surface area contributed by atoms with E-state index >= 15 is 0 Å². The summed E-state index contributed by atoms with van der Waals surface area (Å²) in [6.07, 6.45) is 1.21. The second-order valence-corrected chi connectivity index (χ2v) is 5.50. The molecule has 4 heteroatoms. The molecule has 1 unspecified atom stereocenters. The highest BCUT2D eigenvalue weighted by atomic mass is 16.5. The molecule has 0 amide bonds. The van der Waals surface area contributed by atoms with E-state index in [1.54, 1.807) is 0 Å². The first kappa shape index (κ1) is 13.5. The summed E-state index contributed by atoms with van der Waals surface area (Å²) < 4.78 is 4.85. The number of rotatable bonds is 6. The number of carbonyl (C=O) groups is 1. The smallest absolute Gasteiger partial charge is 0.294 e. The second kappa shape index (κ2) is 5.64. The minimum atomic E-state index is 0.328. The van der Waals surface area contributed by atoms with Gasteiger partial charge in [-0.3, -0.25) is 9.69 Å². The standard InChI is InChI=1S/C12H24N2O2/c1-10(2)14(8-16-9-15)7-11-12(3,4)5-6-13-11/h9-11,13H,5-8H2,1-4H3. The average Bonchev–Trinajstić information content (AvgIpc) is 2.52. The predicted molar refractivity (Wildman–Crippen MR) is 64.0 cm³/mol. The summed E-state index contributed by atoms with van der Waals surface area (Å²) in [6.45, 7) is 11.7. The third-order valence-electron chi connectivity index (χ3n) is 3.56. The van der Waals surface area contributed by atoms with Gasteiger partial charge in [0.25, 0.3) is 6.47 Å². The van der Waals surface area contributed by atoms with Crippen molar-refractivity contribution in [1.82, 2.24) is 10.2 Å². The van der Waals surface area contributed by atoms with E-state index in [1.165, 1.54) is 6.42 Å². The largest absolute Gasteiger partial charge is 0.452 e. The number of ether oxygens (including phenoxy) is 1. The predicted octanol–water partition coefficient (Wildman–Crippen LogP) is 1.22. The van der Waals surface area contributed by atoms with Crippen molar-refractivity contribution in [2.45, 2.75) is 46.2 Å². The van der Waals surface area contributed by atoms with Crippen LogP contribution in [0.2, 0.25) is 0 Å². The maximum absolute atomic E-state index is 10.2. The molecular weight excluding hydrogens is 204 g/mol. The van der Waals surface area contributed by atoms with Gasteiger partial charge in [-0.05, 0) is 32.2 Å². The van der Waals surface area contributed by atoms with Gasteiger partial charge in [0.05, 0.1) is 0 Å². The van der Waals surface area contributed by atoms with Crippen LogP contribution in [0.15, 0.2) is 0 Å². The van der Waals surface area contributed by atoms with Gasteiger partial charge in [-0.1, -0.05) is 13.8 Å². The number of hydrogen-bond donors (Lipinski definition) is 1. The van der Waals surface area contributed by atoms with Crippen molar-refractivity contribution >= 4 is 6.47 Å². The fraction of sp³-hybridized carbons (Fsp3) is 0.917. The Morgan fingerprint density at radius 3 is 2.69 bits per heavy atom. The van der Waals surface area contributed by atoms with Crippen molar-refractivity contribution < 1.29 is 9.53 Å². The number of nitrogens with one attached hydrogen (secondary N) is 1. The Labute approximate surface area is 98.3 Å². The summed E-state index contributed by atoms with van der Waals surface area (Å²) in [6, 6.07) is 0.864. The summed E-state index contributed by atoms with van der Waals surface area (Å²) >= 11 is 0. The first-order valence-corrected chi connectivity index (χ1v) is 6.00. The Hall–Kier alpha value is -0.610. The molecule has 0 spiro atoms. The first-order valence-electron chi connectivity index (χ1n) is 6.00. The zero-order valence-electron chi connectivity index (χ0n) is 10.8. The molecule has 16 heavy (non-hydrogen) atoms. The maximum atomic E-state index is 10.2. The van der Waals surface area contributed by atoms with E-state index in [9.17, 15) is 4.79 Å². The Bertz CT molecular complexity index is 229. The first-order chi connectivity index (χ1) is 7.47. The molecule has 1 atom stereocenters. The third kappa shape index (κ3) is 3.46. The zero-order chi connectivity index (χ0) is 12.2. The van der Waals surface area contributed by atoms with Gasteiger partial charge in [-0.15, -0.1) is 0 Å². The molecule has 0 aromatic carbocycles. The lowest BCUT2D eigenvalue weighted by atomic mass is 9.84. The van der Waals surface area contributed by atoms with Crippen LogP contribution in [0.5, 0.6) is 0 Å². The van der Waals surface area contributed by atoms with Gasteiger partial charge in [0.1, 0.15) is 6.73 Å². The fourth-order valence-electron chi connectivity index (χ4n) is 2.10. The molecule has 1 N–H and O–H groups in total. The molecule has 4 nitrogen and oxygen atoms in total. The van der Waals surface area contributed by atoms with Gasteiger partial charge >= 0.3 is 0 Å². The summed E-state index contributed by atoms with van der Waals surface area (Å²) in [5.41, 5.74) is 0.328. The van der Waals surface area contributed by atoms with Gasteiger partial charge < -0.3 is 10.1 Å². The lowest BCUT2D eigenvalue weighted by Gasteiger charge is -2.33. The molecule has 1 heterocycles. The Kier molecular flexibility index (Phi) is 4.74. The number of carbonyl (C=O) groups excluding carboxylic acids is 1. The summed E-state index contributed by atoms with van der Waals surface area (Å²) in [7, 11) is 0. The van der Waals surface area contributed by atoms with Gasteiger partial charge in [-0.25, -0.2) is 0 Å². The van der Waals surface area contributed by atoms with Gasteiger partial charge in [-0.2, -0.15) is 0 Å². The van der Waals surface area contributed by atoms with Crippen molar-refractivity contribution in [3.63, 3.8) is 0 Å². The van der Waals surface area contributed by atoms with Crippen molar-refractivity contribution in [1.29, 1.82) is 0 Å². The second-order valence-electron chi connectivity index (χ2n) is 5.50. The zero-order valence-corrected chi connectivity index (χ0v) is 10.8. The minimum Gasteiger partial charge on any atom is -0.452 e. The molecule has 1 saturated heterocycles. The SMILES string of the molecule is CC(C)N(COC=O)CC1NCCC1(C)C. The van der Waals surface area contributed by atoms with Crippen molar-refractivity contribution in [3.8, 4) is 0 Å². The Morgan fingerprint density at radius 1 is 1.56 bits per heavy atom. The van der Waals surface area contributed by atoms with E-state index in [2.05, 4.69) is 37.9 Å². The lowest BCUT2D eigenvalue weighted by Crippen LogP contribution is -2.46. The quantitative estimate of drug-likeness (QED) is 0.548. The van der Waals surface area contributed by atoms with Crippen LogP contribution in [0.25, 0.3) is 0 Å². The molecule has 1 aliphatic heterocycles. The highest BCUT2D eigenvalue weighted by Gasteiger charge is 2.35. The minimum absolute atomic E-state index is 0.328. The third-order valence-corrected chi connectivity index (χ3v) is 3.56. The van der Waals surface area contributed by atoms with Crippen LogP contribution < -0.4 is 5.32 Å². The van der Waals surface area contributed by atoms with Crippen LogP contribution in [0.4, 0.5) is 0 Å². The Morgan fingerprint density at radius 2 is 2.25 bits per heavy atom.